The van der Waals surface area contributed by atoms with Gasteiger partial charge in [0, 0.05) is 5.56 Å². The third-order valence-corrected chi connectivity index (χ3v) is 2.15. The number of halogens is 3. The molecule has 0 atom stereocenters. The van der Waals surface area contributed by atoms with Crippen LogP contribution in [0.25, 0.3) is 11.1 Å². The number of hydrogen-bond acceptors (Lipinski definition) is 1. The van der Waals surface area contributed by atoms with Gasteiger partial charge in [0.2, 0.25) is 0 Å². The lowest BCUT2D eigenvalue weighted by Crippen LogP contribution is -2.03. The van der Waals surface area contributed by atoms with E-state index in [1.165, 1.54) is 30.3 Å². The Morgan fingerprint density at radius 3 is 2.65 bits per heavy atom. The zero-order valence-corrected chi connectivity index (χ0v) is 8.66. The van der Waals surface area contributed by atoms with E-state index in [9.17, 15) is 13.2 Å². The van der Waals surface area contributed by atoms with Crippen LogP contribution in [-0.4, -0.2) is 6.61 Å². The summed E-state index contributed by atoms with van der Waals surface area (Å²) in [6, 6.07) is 12.9. The van der Waals surface area contributed by atoms with E-state index in [1.54, 1.807) is 12.1 Å². The highest BCUT2D eigenvalue weighted by atomic mass is 19.3. The number of rotatable bonds is 3. The van der Waals surface area contributed by atoms with Crippen LogP contribution in [0, 0.1) is 11.9 Å². The molecular formula is C13H8F3O. The molecule has 17 heavy (non-hydrogen) atoms. The minimum atomic E-state index is -2.92. The maximum atomic E-state index is 13.0. The van der Waals surface area contributed by atoms with Crippen molar-refractivity contribution in [1.29, 1.82) is 0 Å². The molecule has 1 nitrogen and oxygen atoms in total. The summed E-state index contributed by atoms with van der Waals surface area (Å²) in [4.78, 5) is 0. The van der Waals surface area contributed by atoms with Crippen molar-refractivity contribution >= 4 is 0 Å². The minimum absolute atomic E-state index is 0.0203. The van der Waals surface area contributed by atoms with Gasteiger partial charge in [-0.15, -0.1) is 0 Å². The highest BCUT2D eigenvalue weighted by Crippen LogP contribution is 2.30. The lowest BCUT2D eigenvalue weighted by molar-refractivity contribution is -0.0494. The molecule has 0 spiro atoms. The maximum absolute atomic E-state index is 13.0. The molecule has 1 radical (unpaired) electrons. The molecule has 0 heterocycles. The minimum Gasteiger partial charge on any atom is -0.434 e. The second-order valence-corrected chi connectivity index (χ2v) is 3.30. The van der Waals surface area contributed by atoms with E-state index in [0.717, 1.165) is 0 Å². The molecule has 2 rings (SSSR count). The summed E-state index contributed by atoms with van der Waals surface area (Å²) in [5.74, 6) is -0.462. The quantitative estimate of drug-likeness (QED) is 0.786. The highest BCUT2D eigenvalue weighted by Gasteiger charge is 2.11. The van der Waals surface area contributed by atoms with Gasteiger partial charge in [-0.1, -0.05) is 24.3 Å². The summed E-state index contributed by atoms with van der Waals surface area (Å²) in [5, 5.41) is 0. The average Bonchev–Trinajstić information content (AvgIpc) is 2.29. The Balaban J connectivity index is 2.44. The number of benzene rings is 2. The van der Waals surface area contributed by atoms with Crippen LogP contribution in [0.5, 0.6) is 5.75 Å². The summed E-state index contributed by atoms with van der Waals surface area (Å²) in [6.07, 6.45) is 0. The monoisotopic (exact) mass is 237 g/mol. The first-order valence-corrected chi connectivity index (χ1v) is 4.88. The van der Waals surface area contributed by atoms with E-state index in [0.29, 0.717) is 11.1 Å². The fourth-order valence-electron chi connectivity index (χ4n) is 1.49. The molecule has 4 heteroatoms. The van der Waals surface area contributed by atoms with Crippen LogP contribution in [0.2, 0.25) is 0 Å². The number of ether oxygens (including phenoxy) is 1. The molecule has 0 aliphatic carbocycles. The summed E-state index contributed by atoms with van der Waals surface area (Å²) in [5.41, 5.74) is 0.758. The van der Waals surface area contributed by atoms with Gasteiger partial charge in [0.25, 0.3) is 0 Å². The van der Waals surface area contributed by atoms with Crippen molar-refractivity contribution in [3.63, 3.8) is 0 Å². The molecule has 0 amide bonds. The zero-order valence-electron chi connectivity index (χ0n) is 8.66. The first-order valence-electron chi connectivity index (χ1n) is 4.88. The van der Waals surface area contributed by atoms with Crippen LogP contribution >= 0.6 is 0 Å². The summed E-state index contributed by atoms with van der Waals surface area (Å²) in [7, 11) is 0. The molecular weight excluding hydrogens is 229 g/mol. The second kappa shape index (κ2) is 4.91. The van der Waals surface area contributed by atoms with Crippen LogP contribution in [-0.2, 0) is 0 Å². The van der Waals surface area contributed by atoms with E-state index in [4.69, 9.17) is 0 Å². The first-order chi connectivity index (χ1) is 8.16. The molecule has 0 saturated heterocycles. The standard InChI is InChI=1S/C13H8F3O/c14-10-5-3-4-9(8-10)11-6-1-2-7-12(11)17-13(15)16/h1-5,7-8,13H. The Morgan fingerprint density at radius 1 is 1.12 bits per heavy atom. The largest absolute Gasteiger partial charge is 0.434 e. The second-order valence-electron chi connectivity index (χ2n) is 3.30. The van der Waals surface area contributed by atoms with Crippen molar-refractivity contribution < 1.29 is 17.9 Å². The molecule has 2 aromatic carbocycles. The van der Waals surface area contributed by atoms with Crippen molar-refractivity contribution in [3.8, 4) is 16.9 Å². The molecule has 0 fully saturated rings. The molecule has 0 bridgehead atoms. The van der Waals surface area contributed by atoms with Crippen LogP contribution in [0.1, 0.15) is 0 Å². The lowest BCUT2D eigenvalue weighted by atomic mass is 10.0. The van der Waals surface area contributed by atoms with E-state index >= 15 is 0 Å². The number of alkyl halides is 2. The van der Waals surface area contributed by atoms with Gasteiger partial charge >= 0.3 is 6.61 Å². The van der Waals surface area contributed by atoms with Gasteiger partial charge in [0.15, 0.2) is 0 Å². The molecule has 2 aromatic rings. The van der Waals surface area contributed by atoms with E-state index in [-0.39, 0.29) is 5.75 Å². The van der Waals surface area contributed by atoms with Crippen LogP contribution in [0.4, 0.5) is 13.2 Å². The molecule has 0 aliphatic rings. The maximum Gasteiger partial charge on any atom is 0.387 e. The fraction of sp³-hybridized carbons (Fsp3) is 0.0769. The molecule has 87 valence electrons. The van der Waals surface area contributed by atoms with Gasteiger partial charge in [-0.25, -0.2) is 4.39 Å². The fourth-order valence-corrected chi connectivity index (χ4v) is 1.49. The molecule has 0 aliphatic heterocycles. The topological polar surface area (TPSA) is 9.23 Å². The van der Waals surface area contributed by atoms with Crippen molar-refractivity contribution in [3.05, 3.63) is 54.3 Å². The smallest absolute Gasteiger partial charge is 0.387 e. The van der Waals surface area contributed by atoms with Gasteiger partial charge in [0.1, 0.15) is 11.6 Å². The van der Waals surface area contributed by atoms with Crippen molar-refractivity contribution in [1.82, 2.24) is 0 Å². The molecule has 0 aromatic heterocycles. The van der Waals surface area contributed by atoms with Gasteiger partial charge in [-0.3, -0.25) is 0 Å². The Morgan fingerprint density at radius 2 is 1.94 bits per heavy atom. The predicted octanol–water partition coefficient (Wildman–Crippen LogP) is 3.89. The van der Waals surface area contributed by atoms with E-state index in [2.05, 4.69) is 10.8 Å². The lowest BCUT2D eigenvalue weighted by Gasteiger charge is -2.10. The van der Waals surface area contributed by atoms with Crippen molar-refractivity contribution in [2.45, 2.75) is 6.61 Å². The van der Waals surface area contributed by atoms with Gasteiger partial charge in [0.05, 0.1) is 0 Å². The normalized spacial score (nSPS) is 10.6. The summed E-state index contributed by atoms with van der Waals surface area (Å²) in [6.45, 7) is -2.92. The predicted molar refractivity (Wildman–Crippen MR) is 57.3 cm³/mol. The average molecular weight is 237 g/mol. The Hall–Kier alpha value is -1.97. The molecule has 0 unspecified atom stereocenters. The van der Waals surface area contributed by atoms with E-state index in [1.807, 2.05) is 0 Å². The Labute approximate surface area is 96.5 Å². The molecule has 0 N–H and O–H groups in total. The SMILES string of the molecule is Fc1cccc(-c2[c]cccc2OC(F)F)c1. The van der Waals surface area contributed by atoms with Crippen molar-refractivity contribution in [2.75, 3.05) is 0 Å². The Kier molecular flexibility index (Phi) is 3.32. The van der Waals surface area contributed by atoms with Gasteiger partial charge in [-0.05, 0) is 29.8 Å². The highest BCUT2D eigenvalue weighted by molar-refractivity contribution is 5.69. The third kappa shape index (κ3) is 2.78. The Bertz CT molecular complexity index is 512. The van der Waals surface area contributed by atoms with Crippen LogP contribution in [0.3, 0.4) is 0 Å². The van der Waals surface area contributed by atoms with Crippen molar-refractivity contribution in [2.24, 2.45) is 0 Å². The summed E-state index contributed by atoms with van der Waals surface area (Å²) < 4.78 is 41.8. The zero-order chi connectivity index (χ0) is 12.3. The number of hydrogen-bond donors (Lipinski definition) is 0. The van der Waals surface area contributed by atoms with Gasteiger partial charge < -0.3 is 4.74 Å². The third-order valence-electron chi connectivity index (χ3n) is 2.15. The van der Waals surface area contributed by atoms with Crippen LogP contribution in [0.15, 0.2) is 42.5 Å². The van der Waals surface area contributed by atoms with Crippen LogP contribution < -0.4 is 4.74 Å². The van der Waals surface area contributed by atoms with Gasteiger partial charge in [-0.2, -0.15) is 8.78 Å². The summed E-state index contributed by atoms with van der Waals surface area (Å²) >= 11 is 0. The van der Waals surface area contributed by atoms with E-state index < -0.39 is 12.4 Å². The molecule has 0 saturated carbocycles. The first kappa shape index (κ1) is 11.5.